The maximum atomic E-state index is 11.3. The van der Waals surface area contributed by atoms with E-state index in [2.05, 4.69) is 10.9 Å². The molecule has 5 N–H and O–H groups in total. The number of unbranched alkanes of at least 4 members (excludes halogenated alkanes) is 1. The summed E-state index contributed by atoms with van der Waals surface area (Å²) < 4.78 is 0. The SMILES string of the molecule is NCCCC[C@H](C=O)NNCC(=O)C(=O)CCCO. The normalized spacial score (nSPS) is 12.1. The second-order valence-electron chi connectivity index (χ2n) is 4.20. The molecule has 0 aliphatic carbocycles. The largest absolute Gasteiger partial charge is 0.396 e. The molecule has 0 saturated heterocycles. The lowest BCUT2D eigenvalue weighted by molar-refractivity contribution is -0.136. The van der Waals surface area contributed by atoms with Crippen molar-refractivity contribution in [3.63, 3.8) is 0 Å². The Kier molecular flexibility index (Phi) is 11.2. The zero-order valence-electron chi connectivity index (χ0n) is 11.1. The lowest BCUT2D eigenvalue weighted by Gasteiger charge is -2.12. The Bertz CT molecular complexity index is 284. The van der Waals surface area contributed by atoms with Gasteiger partial charge in [-0.05, 0) is 25.8 Å². The van der Waals surface area contributed by atoms with E-state index >= 15 is 0 Å². The Labute approximate surface area is 112 Å². The van der Waals surface area contributed by atoms with E-state index in [9.17, 15) is 14.4 Å². The van der Waals surface area contributed by atoms with Crippen molar-refractivity contribution in [3.8, 4) is 0 Å². The molecule has 7 heteroatoms. The molecule has 110 valence electrons. The van der Waals surface area contributed by atoms with E-state index in [4.69, 9.17) is 10.8 Å². The Morgan fingerprint density at radius 2 is 1.95 bits per heavy atom. The van der Waals surface area contributed by atoms with Gasteiger partial charge < -0.3 is 15.6 Å². The van der Waals surface area contributed by atoms with Crippen LogP contribution in [0.5, 0.6) is 0 Å². The summed E-state index contributed by atoms with van der Waals surface area (Å²) >= 11 is 0. The van der Waals surface area contributed by atoms with Crippen LogP contribution in [0.4, 0.5) is 0 Å². The van der Waals surface area contributed by atoms with Crippen molar-refractivity contribution in [2.24, 2.45) is 5.73 Å². The fourth-order valence-electron chi connectivity index (χ4n) is 1.42. The Morgan fingerprint density at radius 3 is 2.53 bits per heavy atom. The highest BCUT2D eigenvalue weighted by Gasteiger charge is 2.13. The molecular weight excluding hydrogens is 250 g/mol. The van der Waals surface area contributed by atoms with Gasteiger partial charge in [-0.2, -0.15) is 0 Å². The van der Waals surface area contributed by atoms with Gasteiger partial charge in [0.2, 0.25) is 5.78 Å². The number of nitrogens with two attached hydrogens (primary N) is 1. The van der Waals surface area contributed by atoms with Crippen LogP contribution in [0, 0.1) is 0 Å². The first-order valence-corrected chi connectivity index (χ1v) is 6.46. The number of ketones is 2. The van der Waals surface area contributed by atoms with Gasteiger partial charge in [-0.25, -0.2) is 10.9 Å². The summed E-state index contributed by atoms with van der Waals surface area (Å²) in [6.45, 7) is 0.307. The van der Waals surface area contributed by atoms with Gasteiger partial charge in [-0.1, -0.05) is 6.42 Å². The summed E-state index contributed by atoms with van der Waals surface area (Å²) in [5, 5.41) is 8.54. The molecule has 0 spiro atoms. The molecule has 0 aliphatic heterocycles. The third-order valence-corrected chi connectivity index (χ3v) is 2.54. The van der Waals surface area contributed by atoms with E-state index in [0.717, 1.165) is 19.1 Å². The molecule has 0 aromatic carbocycles. The average molecular weight is 273 g/mol. The third-order valence-electron chi connectivity index (χ3n) is 2.54. The molecule has 0 unspecified atom stereocenters. The van der Waals surface area contributed by atoms with E-state index in [1.54, 1.807) is 0 Å². The first kappa shape index (κ1) is 17.8. The van der Waals surface area contributed by atoms with Crippen LogP contribution in [0.15, 0.2) is 0 Å². The first-order valence-electron chi connectivity index (χ1n) is 6.46. The Hall–Kier alpha value is -1.15. The summed E-state index contributed by atoms with van der Waals surface area (Å²) in [7, 11) is 0. The molecule has 19 heavy (non-hydrogen) atoms. The van der Waals surface area contributed by atoms with Gasteiger partial charge in [0.15, 0.2) is 5.78 Å². The molecule has 1 atom stereocenters. The summed E-state index contributed by atoms with van der Waals surface area (Å²) in [6, 6.07) is -0.396. The minimum absolute atomic E-state index is 0.0463. The Balaban J connectivity index is 3.76. The van der Waals surface area contributed by atoms with Crippen LogP contribution in [0.2, 0.25) is 0 Å². The van der Waals surface area contributed by atoms with Gasteiger partial charge >= 0.3 is 0 Å². The number of hydrogen-bond acceptors (Lipinski definition) is 7. The number of aliphatic hydroxyl groups excluding tert-OH is 1. The zero-order valence-corrected chi connectivity index (χ0v) is 11.1. The summed E-state index contributed by atoms with van der Waals surface area (Å²) in [5.74, 6) is -1.08. The number of Topliss-reactive ketones (excluding diaryl/α,β-unsaturated/α-hetero) is 2. The number of aldehydes is 1. The van der Waals surface area contributed by atoms with Crippen molar-refractivity contribution < 1.29 is 19.5 Å². The predicted molar refractivity (Wildman–Crippen MR) is 70.2 cm³/mol. The van der Waals surface area contributed by atoms with Crippen LogP contribution in [-0.2, 0) is 14.4 Å². The molecule has 0 amide bonds. The molecule has 0 rings (SSSR count). The Morgan fingerprint density at radius 1 is 1.21 bits per heavy atom. The lowest BCUT2D eigenvalue weighted by Crippen LogP contribution is -2.45. The maximum absolute atomic E-state index is 11.3. The first-order chi connectivity index (χ1) is 9.15. The smallest absolute Gasteiger partial charge is 0.213 e. The second-order valence-corrected chi connectivity index (χ2v) is 4.20. The minimum Gasteiger partial charge on any atom is -0.396 e. The number of nitrogens with one attached hydrogen (secondary N) is 2. The third kappa shape index (κ3) is 9.43. The van der Waals surface area contributed by atoms with Crippen LogP contribution in [0.3, 0.4) is 0 Å². The van der Waals surface area contributed by atoms with Gasteiger partial charge in [0.05, 0.1) is 12.6 Å². The van der Waals surface area contributed by atoms with Gasteiger partial charge in [-0.15, -0.1) is 0 Å². The van der Waals surface area contributed by atoms with E-state index in [1.165, 1.54) is 0 Å². The molecule has 0 bridgehead atoms. The second kappa shape index (κ2) is 11.9. The van der Waals surface area contributed by atoms with Crippen LogP contribution in [0.1, 0.15) is 32.1 Å². The van der Waals surface area contributed by atoms with Crippen LogP contribution < -0.4 is 16.6 Å². The molecule has 0 fully saturated rings. The monoisotopic (exact) mass is 273 g/mol. The highest BCUT2D eigenvalue weighted by Crippen LogP contribution is 1.97. The predicted octanol–water partition coefficient (Wildman–Crippen LogP) is -1.31. The van der Waals surface area contributed by atoms with Crippen LogP contribution in [0.25, 0.3) is 0 Å². The number of carbonyl (C=O) groups excluding carboxylic acids is 3. The fourth-order valence-corrected chi connectivity index (χ4v) is 1.42. The molecule has 7 nitrogen and oxygen atoms in total. The standard InChI is InChI=1S/C12H23N3O4/c13-6-2-1-4-10(9-17)15-14-8-12(19)11(18)5-3-7-16/h9-10,14-16H,1-8,13H2/t10-/m1/s1. The van der Waals surface area contributed by atoms with Gasteiger partial charge in [-0.3, -0.25) is 9.59 Å². The zero-order chi connectivity index (χ0) is 14.5. The van der Waals surface area contributed by atoms with E-state index < -0.39 is 17.6 Å². The van der Waals surface area contributed by atoms with Crippen molar-refractivity contribution in [2.75, 3.05) is 19.7 Å². The molecule has 0 heterocycles. The number of hydrogen-bond donors (Lipinski definition) is 4. The van der Waals surface area contributed by atoms with Crippen molar-refractivity contribution in [3.05, 3.63) is 0 Å². The van der Waals surface area contributed by atoms with Crippen molar-refractivity contribution >= 4 is 17.9 Å². The number of hydrazine groups is 1. The molecule has 0 radical (unpaired) electrons. The molecule has 0 aromatic rings. The van der Waals surface area contributed by atoms with E-state index in [0.29, 0.717) is 13.0 Å². The topological polar surface area (TPSA) is 122 Å². The van der Waals surface area contributed by atoms with Crippen molar-refractivity contribution in [2.45, 2.75) is 38.1 Å². The maximum Gasteiger partial charge on any atom is 0.213 e. The van der Waals surface area contributed by atoms with Crippen molar-refractivity contribution in [1.29, 1.82) is 0 Å². The molecule has 0 aromatic heterocycles. The number of rotatable bonds is 13. The highest BCUT2D eigenvalue weighted by atomic mass is 16.3. The van der Waals surface area contributed by atoms with Gasteiger partial charge in [0, 0.05) is 13.0 Å². The van der Waals surface area contributed by atoms with Crippen LogP contribution >= 0.6 is 0 Å². The quantitative estimate of drug-likeness (QED) is 0.142. The van der Waals surface area contributed by atoms with Gasteiger partial charge in [0.1, 0.15) is 6.29 Å². The van der Waals surface area contributed by atoms with Gasteiger partial charge in [0.25, 0.3) is 0 Å². The highest BCUT2D eigenvalue weighted by molar-refractivity contribution is 6.37. The summed E-state index contributed by atoms with van der Waals surface area (Å²) in [5.41, 5.74) is 10.6. The fraction of sp³-hybridized carbons (Fsp3) is 0.750. The average Bonchev–Trinajstić information content (AvgIpc) is 2.42. The van der Waals surface area contributed by atoms with E-state index in [-0.39, 0.29) is 26.0 Å². The molecule has 0 aliphatic rings. The minimum atomic E-state index is -0.562. The number of aliphatic hydroxyl groups is 1. The van der Waals surface area contributed by atoms with E-state index in [1.807, 2.05) is 0 Å². The molecule has 0 saturated carbocycles. The lowest BCUT2D eigenvalue weighted by atomic mass is 10.1. The number of carbonyl (C=O) groups is 3. The summed E-state index contributed by atoms with van der Waals surface area (Å²) in [4.78, 5) is 33.3. The summed E-state index contributed by atoms with van der Waals surface area (Å²) in [6.07, 6.45) is 3.36. The molecular formula is C12H23N3O4. The van der Waals surface area contributed by atoms with Crippen LogP contribution in [-0.4, -0.2) is 48.7 Å². The van der Waals surface area contributed by atoms with Crippen molar-refractivity contribution in [1.82, 2.24) is 10.9 Å².